The average Bonchev–Trinajstić information content (AvgIpc) is 2.73. The monoisotopic (exact) mass is 390 g/mol. The van der Waals surface area contributed by atoms with Crippen LogP contribution < -0.4 is 4.74 Å². The molecule has 1 aromatic rings. The van der Waals surface area contributed by atoms with Gasteiger partial charge in [-0.3, -0.25) is 0 Å². The van der Waals surface area contributed by atoms with Crippen molar-refractivity contribution in [2.45, 2.75) is 77.6 Å². The van der Waals surface area contributed by atoms with E-state index in [4.69, 9.17) is 4.74 Å². The molecular formula is C25H36F2O. The number of allylic oxidation sites excluding steroid dienone is 2. The Morgan fingerprint density at radius 2 is 1.54 bits per heavy atom. The van der Waals surface area contributed by atoms with Gasteiger partial charge in [-0.2, -0.15) is 0 Å². The maximum absolute atomic E-state index is 13.3. The molecule has 0 atom stereocenters. The van der Waals surface area contributed by atoms with E-state index in [-0.39, 0.29) is 0 Å². The van der Waals surface area contributed by atoms with Crippen molar-refractivity contribution in [1.29, 1.82) is 0 Å². The van der Waals surface area contributed by atoms with Gasteiger partial charge in [0.05, 0.1) is 6.61 Å². The van der Waals surface area contributed by atoms with Crippen LogP contribution in [0.5, 0.6) is 5.75 Å². The Bertz CT molecular complexity index is 611. The molecule has 2 aliphatic carbocycles. The van der Waals surface area contributed by atoms with Crippen LogP contribution in [-0.4, -0.2) is 6.61 Å². The van der Waals surface area contributed by atoms with Gasteiger partial charge in [-0.25, -0.2) is 8.78 Å². The first-order valence-corrected chi connectivity index (χ1v) is 11.3. The highest BCUT2D eigenvalue weighted by Crippen LogP contribution is 2.42. The molecule has 0 bridgehead atoms. The largest absolute Gasteiger partial charge is 0.493 e. The molecule has 0 saturated heterocycles. The molecule has 0 heterocycles. The van der Waals surface area contributed by atoms with E-state index in [0.29, 0.717) is 18.3 Å². The Morgan fingerprint density at radius 1 is 0.893 bits per heavy atom. The topological polar surface area (TPSA) is 9.23 Å². The first-order valence-electron chi connectivity index (χ1n) is 11.3. The molecule has 0 aromatic heterocycles. The van der Waals surface area contributed by atoms with E-state index in [2.05, 4.69) is 19.1 Å². The third kappa shape index (κ3) is 6.32. The Morgan fingerprint density at radius 3 is 2.14 bits per heavy atom. The SMILES string of the molecule is C/C=C\CCC[C@H]1CC[C@H](C2CCC(COc3ccc(F)c(F)c3)CC2)CC1. The van der Waals surface area contributed by atoms with Crippen LogP contribution in [0, 0.1) is 35.3 Å². The van der Waals surface area contributed by atoms with Gasteiger partial charge in [0.2, 0.25) is 0 Å². The van der Waals surface area contributed by atoms with Crippen molar-refractivity contribution in [1.82, 2.24) is 0 Å². The lowest BCUT2D eigenvalue weighted by Gasteiger charge is -2.38. The van der Waals surface area contributed by atoms with E-state index in [0.717, 1.165) is 29.9 Å². The van der Waals surface area contributed by atoms with Crippen LogP contribution in [0.2, 0.25) is 0 Å². The van der Waals surface area contributed by atoms with Gasteiger partial charge >= 0.3 is 0 Å². The molecule has 3 heteroatoms. The van der Waals surface area contributed by atoms with Crippen LogP contribution in [0.1, 0.15) is 77.6 Å². The molecule has 0 aliphatic heterocycles. The van der Waals surface area contributed by atoms with Crippen molar-refractivity contribution in [3.05, 3.63) is 42.0 Å². The van der Waals surface area contributed by atoms with E-state index < -0.39 is 11.6 Å². The number of rotatable bonds is 8. The second-order valence-electron chi connectivity index (χ2n) is 8.95. The van der Waals surface area contributed by atoms with Crippen LogP contribution in [0.25, 0.3) is 0 Å². The standard InChI is InChI=1S/C25H36F2O/c1-2-3-4-5-6-19-7-11-21(12-8-19)22-13-9-20(10-14-22)18-28-23-15-16-24(26)25(27)17-23/h2-3,15-17,19-22H,4-14,18H2,1H3/b3-2-/t19-,20?,21-,22?. The second kappa shape index (κ2) is 11.0. The zero-order valence-electron chi connectivity index (χ0n) is 17.3. The summed E-state index contributed by atoms with van der Waals surface area (Å²) in [5.74, 6) is 2.12. The minimum atomic E-state index is -0.835. The summed E-state index contributed by atoms with van der Waals surface area (Å²) in [6, 6.07) is 3.80. The summed E-state index contributed by atoms with van der Waals surface area (Å²) in [5, 5.41) is 0. The molecule has 0 unspecified atom stereocenters. The quantitative estimate of drug-likeness (QED) is 0.326. The number of unbranched alkanes of at least 4 members (excludes halogenated alkanes) is 1. The van der Waals surface area contributed by atoms with E-state index in [1.54, 1.807) is 0 Å². The van der Waals surface area contributed by atoms with Crippen molar-refractivity contribution < 1.29 is 13.5 Å². The predicted molar refractivity (Wildman–Crippen MR) is 111 cm³/mol. The Labute approximate surface area is 169 Å². The van der Waals surface area contributed by atoms with Gasteiger partial charge in [0.15, 0.2) is 11.6 Å². The van der Waals surface area contributed by atoms with Gasteiger partial charge < -0.3 is 4.74 Å². The van der Waals surface area contributed by atoms with Crippen molar-refractivity contribution in [2.75, 3.05) is 6.61 Å². The van der Waals surface area contributed by atoms with Crippen molar-refractivity contribution in [3.8, 4) is 5.75 Å². The zero-order valence-corrected chi connectivity index (χ0v) is 17.3. The smallest absolute Gasteiger partial charge is 0.162 e. The molecule has 0 spiro atoms. The third-order valence-electron chi connectivity index (χ3n) is 7.05. The summed E-state index contributed by atoms with van der Waals surface area (Å²) in [5.41, 5.74) is 0. The second-order valence-corrected chi connectivity index (χ2v) is 8.95. The van der Waals surface area contributed by atoms with Gasteiger partial charge in [-0.15, -0.1) is 0 Å². The van der Waals surface area contributed by atoms with Crippen LogP contribution in [0.15, 0.2) is 30.4 Å². The number of benzene rings is 1. The summed E-state index contributed by atoms with van der Waals surface area (Å²) in [6.45, 7) is 2.73. The lowest BCUT2D eigenvalue weighted by molar-refractivity contribution is 0.121. The fraction of sp³-hybridized carbons (Fsp3) is 0.680. The normalized spacial score (nSPS) is 28.5. The van der Waals surface area contributed by atoms with Crippen LogP contribution in [0.4, 0.5) is 8.78 Å². The molecule has 1 nitrogen and oxygen atoms in total. The number of ether oxygens (including phenoxy) is 1. The van der Waals surface area contributed by atoms with Crippen LogP contribution in [-0.2, 0) is 0 Å². The summed E-state index contributed by atoms with van der Waals surface area (Å²) in [6.07, 6.45) is 19.2. The Hall–Kier alpha value is -1.38. The van der Waals surface area contributed by atoms with Gasteiger partial charge in [0.25, 0.3) is 0 Å². The molecule has 28 heavy (non-hydrogen) atoms. The van der Waals surface area contributed by atoms with Crippen LogP contribution in [0.3, 0.4) is 0 Å². The Balaban J connectivity index is 1.32. The predicted octanol–water partition coefficient (Wildman–Crippen LogP) is 7.70. The van der Waals surface area contributed by atoms with E-state index in [1.807, 2.05) is 0 Å². The van der Waals surface area contributed by atoms with E-state index in [9.17, 15) is 8.78 Å². The van der Waals surface area contributed by atoms with E-state index in [1.165, 1.54) is 76.7 Å². The van der Waals surface area contributed by atoms with Crippen LogP contribution >= 0.6 is 0 Å². The minimum absolute atomic E-state index is 0.439. The summed E-state index contributed by atoms with van der Waals surface area (Å²) < 4.78 is 32.0. The number of hydrogen-bond donors (Lipinski definition) is 0. The number of halogens is 2. The highest BCUT2D eigenvalue weighted by molar-refractivity contribution is 5.23. The molecule has 1 aromatic carbocycles. The zero-order chi connectivity index (χ0) is 19.8. The third-order valence-corrected chi connectivity index (χ3v) is 7.05. The maximum atomic E-state index is 13.3. The molecule has 2 aliphatic rings. The van der Waals surface area contributed by atoms with Gasteiger partial charge in [0.1, 0.15) is 5.75 Å². The summed E-state index contributed by atoms with van der Waals surface area (Å²) in [4.78, 5) is 0. The molecular weight excluding hydrogens is 354 g/mol. The first-order chi connectivity index (χ1) is 13.7. The van der Waals surface area contributed by atoms with Crippen molar-refractivity contribution in [2.24, 2.45) is 23.7 Å². The molecule has 156 valence electrons. The van der Waals surface area contributed by atoms with E-state index >= 15 is 0 Å². The lowest BCUT2D eigenvalue weighted by Crippen LogP contribution is -2.27. The molecule has 0 N–H and O–H groups in total. The summed E-state index contributed by atoms with van der Waals surface area (Å²) in [7, 11) is 0. The van der Waals surface area contributed by atoms with Crippen molar-refractivity contribution >= 4 is 0 Å². The highest BCUT2D eigenvalue weighted by Gasteiger charge is 2.30. The highest BCUT2D eigenvalue weighted by atomic mass is 19.2. The molecule has 3 rings (SSSR count). The fourth-order valence-electron chi connectivity index (χ4n) is 5.25. The van der Waals surface area contributed by atoms with Crippen molar-refractivity contribution in [3.63, 3.8) is 0 Å². The summed E-state index contributed by atoms with van der Waals surface area (Å²) >= 11 is 0. The van der Waals surface area contributed by atoms with Gasteiger partial charge in [-0.1, -0.05) is 31.4 Å². The maximum Gasteiger partial charge on any atom is 0.162 e. The fourth-order valence-corrected chi connectivity index (χ4v) is 5.25. The van der Waals surface area contributed by atoms with Gasteiger partial charge in [-0.05, 0) is 94.1 Å². The minimum Gasteiger partial charge on any atom is -0.493 e. The molecule has 2 fully saturated rings. The molecule has 0 amide bonds. The molecule has 0 radical (unpaired) electrons. The number of hydrogen-bond acceptors (Lipinski definition) is 1. The van der Waals surface area contributed by atoms with Gasteiger partial charge in [0, 0.05) is 6.07 Å². The Kier molecular flexibility index (Phi) is 8.36. The average molecular weight is 391 g/mol. The first kappa shape index (κ1) is 21.3. The lowest BCUT2D eigenvalue weighted by atomic mass is 9.69. The molecule has 2 saturated carbocycles.